The highest BCUT2D eigenvalue weighted by molar-refractivity contribution is 9.10. The van der Waals surface area contributed by atoms with Crippen molar-refractivity contribution >= 4 is 27.5 Å². The number of alkyl halides is 1. The summed E-state index contributed by atoms with van der Waals surface area (Å²) in [6.45, 7) is 2.03. The van der Waals surface area contributed by atoms with Gasteiger partial charge in [-0.2, -0.15) is 0 Å². The summed E-state index contributed by atoms with van der Waals surface area (Å²) in [5.41, 5.74) is 1.33. The molecular formula is C15H21BrClN. The molecule has 3 heteroatoms. The Morgan fingerprint density at radius 3 is 2.61 bits per heavy atom. The van der Waals surface area contributed by atoms with Gasteiger partial charge in [-0.15, -0.1) is 11.6 Å². The van der Waals surface area contributed by atoms with Gasteiger partial charge in [0.05, 0.1) is 0 Å². The van der Waals surface area contributed by atoms with E-state index in [4.69, 9.17) is 11.6 Å². The van der Waals surface area contributed by atoms with Crippen LogP contribution in [0.4, 0.5) is 0 Å². The van der Waals surface area contributed by atoms with Crippen LogP contribution in [0.5, 0.6) is 0 Å². The van der Waals surface area contributed by atoms with E-state index in [1.54, 1.807) is 0 Å². The Hall–Kier alpha value is -0.0500. The normalized spacial score (nSPS) is 24.1. The average Bonchev–Trinajstić information content (AvgIpc) is 2.41. The molecule has 1 aliphatic rings. The molecule has 0 heterocycles. The van der Waals surface area contributed by atoms with Crippen molar-refractivity contribution in [2.24, 2.45) is 11.8 Å². The maximum absolute atomic E-state index is 6.06. The molecule has 100 valence electrons. The van der Waals surface area contributed by atoms with Gasteiger partial charge in [-0.1, -0.05) is 47.0 Å². The third-order valence-corrected chi connectivity index (χ3v) is 5.11. The van der Waals surface area contributed by atoms with Crippen molar-refractivity contribution in [1.82, 2.24) is 5.32 Å². The Kier molecular flexibility index (Phi) is 6.00. The topological polar surface area (TPSA) is 12.0 Å². The Morgan fingerprint density at radius 2 is 1.89 bits per heavy atom. The molecule has 1 aromatic carbocycles. The van der Waals surface area contributed by atoms with E-state index in [1.807, 2.05) is 0 Å². The highest BCUT2D eigenvalue weighted by atomic mass is 79.9. The molecule has 0 aliphatic heterocycles. The molecule has 1 saturated carbocycles. The molecule has 1 nitrogen and oxygen atoms in total. The minimum absolute atomic E-state index is 0.715. The van der Waals surface area contributed by atoms with Crippen LogP contribution in [0.1, 0.15) is 31.2 Å². The van der Waals surface area contributed by atoms with Crippen molar-refractivity contribution in [2.75, 3.05) is 12.4 Å². The monoisotopic (exact) mass is 329 g/mol. The fraction of sp³-hybridized carbons (Fsp3) is 0.600. The van der Waals surface area contributed by atoms with Crippen LogP contribution in [0.25, 0.3) is 0 Å². The summed E-state index contributed by atoms with van der Waals surface area (Å²) in [6, 6.07) is 8.40. The van der Waals surface area contributed by atoms with Crippen LogP contribution in [-0.4, -0.2) is 12.4 Å². The van der Waals surface area contributed by atoms with Gasteiger partial charge >= 0.3 is 0 Å². The van der Waals surface area contributed by atoms with Gasteiger partial charge in [-0.3, -0.25) is 0 Å². The quantitative estimate of drug-likeness (QED) is 0.779. The summed E-state index contributed by atoms with van der Waals surface area (Å²) in [5, 5.41) is 3.59. The first-order chi connectivity index (χ1) is 8.81. The molecule has 2 atom stereocenters. The van der Waals surface area contributed by atoms with E-state index in [-0.39, 0.29) is 0 Å². The van der Waals surface area contributed by atoms with Crippen LogP contribution in [-0.2, 0) is 6.54 Å². The number of hydrogen-bond acceptors (Lipinski definition) is 1. The zero-order valence-corrected chi connectivity index (χ0v) is 13.0. The van der Waals surface area contributed by atoms with Gasteiger partial charge in [0.1, 0.15) is 0 Å². The Balaban J connectivity index is 1.79. The van der Waals surface area contributed by atoms with Gasteiger partial charge in [0.25, 0.3) is 0 Å². The lowest BCUT2D eigenvalue weighted by atomic mass is 9.80. The highest BCUT2D eigenvalue weighted by Gasteiger charge is 2.23. The van der Waals surface area contributed by atoms with Gasteiger partial charge in [0, 0.05) is 16.9 Å². The Bertz CT molecular complexity index is 369. The molecule has 1 aliphatic carbocycles. The number of halogens is 2. The van der Waals surface area contributed by atoms with Crippen molar-refractivity contribution in [2.45, 2.75) is 32.2 Å². The van der Waals surface area contributed by atoms with Gasteiger partial charge in [-0.25, -0.2) is 0 Å². The molecule has 1 N–H and O–H groups in total. The summed E-state index contributed by atoms with van der Waals surface area (Å²) >= 11 is 9.65. The smallest absolute Gasteiger partial charge is 0.0254 e. The fourth-order valence-electron chi connectivity index (χ4n) is 2.79. The first-order valence-corrected chi connectivity index (χ1v) is 8.14. The van der Waals surface area contributed by atoms with Gasteiger partial charge in [0.15, 0.2) is 0 Å². The molecule has 0 amide bonds. The summed E-state index contributed by atoms with van der Waals surface area (Å²) in [5.74, 6) is 2.30. The predicted octanol–water partition coefficient (Wildman–Crippen LogP) is 4.58. The molecule has 0 saturated heterocycles. The van der Waals surface area contributed by atoms with Crippen molar-refractivity contribution in [3.8, 4) is 0 Å². The van der Waals surface area contributed by atoms with E-state index in [9.17, 15) is 0 Å². The molecule has 2 rings (SSSR count). The average molecular weight is 331 g/mol. The lowest BCUT2D eigenvalue weighted by Crippen LogP contribution is -2.31. The summed E-state index contributed by atoms with van der Waals surface area (Å²) in [6.07, 6.45) is 5.37. The molecular weight excluding hydrogens is 310 g/mol. The molecule has 1 fully saturated rings. The second-order valence-electron chi connectivity index (χ2n) is 5.18. The van der Waals surface area contributed by atoms with Crippen molar-refractivity contribution in [3.05, 3.63) is 34.3 Å². The molecule has 1 aromatic rings. The van der Waals surface area contributed by atoms with E-state index in [1.165, 1.54) is 35.7 Å². The predicted molar refractivity (Wildman–Crippen MR) is 82.0 cm³/mol. The van der Waals surface area contributed by atoms with E-state index in [2.05, 4.69) is 45.5 Å². The lowest BCUT2D eigenvalue weighted by Gasteiger charge is -2.30. The minimum atomic E-state index is 0.715. The SMILES string of the molecule is ClCC1CCCCC1CNCc1ccccc1Br. The van der Waals surface area contributed by atoms with Crippen LogP contribution >= 0.6 is 27.5 Å². The van der Waals surface area contributed by atoms with Crippen molar-refractivity contribution in [1.29, 1.82) is 0 Å². The third kappa shape index (κ3) is 3.97. The zero-order valence-electron chi connectivity index (χ0n) is 10.7. The summed E-state index contributed by atoms with van der Waals surface area (Å²) < 4.78 is 1.19. The van der Waals surface area contributed by atoms with Crippen LogP contribution in [0.3, 0.4) is 0 Å². The van der Waals surface area contributed by atoms with Crippen molar-refractivity contribution < 1.29 is 0 Å². The molecule has 0 bridgehead atoms. The van der Waals surface area contributed by atoms with Gasteiger partial charge < -0.3 is 5.32 Å². The maximum atomic E-state index is 6.06. The van der Waals surface area contributed by atoms with Crippen LogP contribution < -0.4 is 5.32 Å². The van der Waals surface area contributed by atoms with E-state index >= 15 is 0 Å². The lowest BCUT2D eigenvalue weighted by molar-refractivity contribution is 0.250. The van der Waals surface area contributed by atoms with Gasteiger partial charge in [-0.05, 0) is 42.9 Å². The second kappa shape index (κ2) is 7.52. The zero-order chi connectivity index (χ0) is 12.8. The first-order valence-electron chi connectivity index (χ1n) is 6.81. The number of nitrogens with one attached hydrogen (secondary N) is 1. The van der Waals surface area contributed by atoms with Crippen LogP contribution in [0, 0.1) is 11.8 Å². The molecule has 0 radical (unpaired) electrons. The maximum Gasteiger partial charge on any atom is 0.0254 e. The number of benzene rings is 1. The molecule has 0 spiro atoms. The summed E-state index contributed by atoms with van der Waals surface area (Å²) in [7, 11) is 0. The molecule has 2 unspecified atom stereocenters. The van der Waals surface area contributed by atoms with E-state index in [0.29, 0.717) is 5.92 Å². The number of rotatable bonds is 5. The first kappa shape index (κ1) is 14.4. The van der Waals surface area contributed by atoms with E-state index < -0.39 is 0 Å². The Labute approximate surface area is 123 Å². The standard InChI is InChI=1S/C15H21BrClN/c16-15-8-4-3-7-14(15)11-18-10-13-6-2-1-5-12(13)9-17/h3-4,7-8,12-13,18H,1-2,5-6,9-11H2. The van der Waals surface area contributed by atoms with E-state index in [0.717, 1.165) is 24.9 Å². The summed E-state index contributed by atoms with van der Waals surface area (Å²) in [4.78, 5) is 0. The number of hydrogen-bond donors (Lipinski definition) is 1. The Morgan fingerprint density at radius 1 is 1.17 bits per heavy atom. The minimum Gasteiger partial charge on any atom is -0.312 e. The van der Waals surface area contributed by atoms with Crippen molar-refractivity contribution in [3.63, 3.8) is 0 Å². The highest BCUT2D eigenvalue weighted by Crippen LogP contribution is 2.30. The molecule has 0 aromatic heterocycles. The second-order valence-corrected chi connectivity index (χ2v) is 6.34. The van der Waals surface area contributed by atoms with Gasteiger partial charge in [0.2, 0.25) is 0 Å². The third-order valence-electron chi connectivity index (χ3n) is 3.94. The largest absolute Gasteiger partial charge is 0.312 e. The van der Waals surface area contributed by atoms with Crippen LogP contribution in [0.15, 0.2) is 28.7 Å². The fourth-order valence-corrected chi connectivity index (χ4v) is 3.62. The molecule has 18 heavy (non-hydrogen) atoms. The van der Waals surface area contributed by atoms with Crippen LogP contribution in [0.2, 0.25) is 0 Å².